The quantitative estimate of drug-likeness (QED) is 0.0180. The highest BCUT2D eigenvalue weighted by Gasteiger charge is 2.39. The van der Waals surface area contributed by atoms with Crippen LogP contribution in [0, 0.1) is 11.8 Å². The Hall–Kier alpha value is -3.19. The Labute approximate surface area is 380 Å². The number of phosphoric ester groups is 1. The summed E-state index contributed by atoms with van der Waals surface area (Å²) in [5.41, 5.74) is 0. The van der Waals surface area contributed by atoms with Crippen LogP contribution in [0.4, 0.5) is 0 Å². The number of esters is 2. The highest BCUT2D eigenvalue weighted by atomic mass is 31.2. The number of aliphatic hydroxyl groups excluding tert-OH is 3. The molecule has 1 rings (SSSR count). The molecule has 1 saturated carbocycles. The lowest BCUT2D eigenvalue weighted by Gasteiger charge is -2.28. The molecule has 0 heterocycles. The highest BCUT2D eigenvalue weighted by molar-refractivity contribution is 7.45. The molecule has 1 fully saturated rings. The summed E-state index contributed by atoms with van der Waals surface area (Å²) >= 11 is 0. The molecule has 0 amide bonds. The lowest BCUT2D eigenvalue weighted by molar-refractivity contribution is -0.870. The van der Waals surface area contributed by atoms with E-state index in [1.807, 2.05) is 51.5 Å². The van der Waals surface area contributed by atoms with Gasteiger partial charge >= 0.3 is 11.9 Å². The summed E-state index contributed by atoms with van der Waals surface area (Å²) in [5, 5.41) is 31.4. The molecule has 0 saturated heterocycles. The van der Waals surface area contributed by atoms with E-state index >= 15 is 0 Å². The van der Waals surface area contributed by atoms with E-state index in [0.717, 1.165) is 57.8 Å². The van der Waals surface area contributed by atoms with Crippen molar-refractivity contribution >= 4 is 19.8 Å². The molecule has 0 spiro atoms. The number of hydrogen-bond acceptors (Lipinski definition) is 11. The van der Waals surface area contributed by atoms with Gasteiger partial charge in [0.1, 0.15) is 19.8 Å². The zero-order valence-electron chi connectivity index (χ0n) is 39.1. The Morgan fingerprint density at radius 3 is 1.90 bits per heavy atom. The molecule has 12 nitrogen and oxygen atoms in total. The molecule has 63 heavy (non-hydrogen) atoms. The van der Waals surface area contributed by atoms with E-state index in [-0.39, 0.29) is 44.3 Å². The Kier molecular flexibility index (Phi) is 33.1. The van der Waals surface area contributed by atoms with E-state index in [2.05, 4.69) is 74.6 Å². The number of rotatable bonds is 36. The third-order valence-corrected chi connectivity index (χ3v) is 11.1. The van der Waals surface area contributed by atoms with Crippen molar-refractivity contribution in [2.45, 2.75) is 147 Å². The SMILES string of the molecule is CC/C=C\C/C=C\C/C=C\C/C=C\C/C=C\C/C=C\CCC(=O)OC[C@H](COP(=O)([O-])OCC[N+](C)(C)C)OC(=O)CCC/C=C/C[C@@H]1[C@@H](/C=C/[C@@H](O)CCCCC)[C@H](O)C[C@@H]1O. The van der Waals surface area contributed by atoms with E-state index in [9.17, 15) is 34.4 Å². The third-order valence-electron chi connectivity index (χ3n) is 10.2. The van der Waals surface area contributed by atoms with Gasteiger partial charge in [-0.25, -0.2) is 0 Å². The first-order chi connectivity index (χ1) is 30.2. The first kappa shape index (κ1) is 57.8. The van der Waals surface area contributed by atoms with Crippen LogP contribution in [-0.2, 0) is 32.7 Å². The summed E-state index contributed by atoms with van der Waals surface area (Å²) in [7, 11) is 0.960. The number of phosphoric acid groups is 1. The molecule has 0 aromatic carbocycles. The first-order valence-corrected chi connectivity index (χ1v) is 24.7. The number of nitrogens with zero attached hydrogens (tertiary/aromatic N) is 1. The summed E-state index contributed by atoms with van der Waals surface area (Å²) in [6.07, 6.45) is 41.2. The fourth-order valence-electron chi connectivity index (χ4n) is 6.50. The lowest BCUT2D eigenvalue weighted by atomic mass is 9.89. The van der Waals surface area contributed by atoms with Crippen LogP contribution in [0.3, 0.4) is 0 Å². The minimum atomic E-state index is -4.72. The topological polar surface area (TPSA) is 172 Å². The molecule has 13 heteroatoms. The lowest BCUT2D eigenvalue weighted by Crippen LogP contribution is -2.37. The molecule has 0 aromatic heterocycles. The van der Waals surface area contributed by atoms with Gasteiger partial charge in [-0.2, -0.15) is 0 Å². The number of unbranched alkanes of at least 4 members (excludes halogenated alkanes) is 3. The summed E-state index contributed by atoms with van der Waals surface area (Å²) in [4.78, 5) is 37.8. The fraction of sp³-hybridized carbons (Fsp3) is 0.640. The van der Waals surface area contributed by atoms with Crippen molar-refractivity contribution in [2.75, 3.05) is 47.5 Å². The Bertz CT molecular complexity index is 1510. The van der Waals surface area contributed by atoms with Crippen LogP contribution in [0.1, 0.15) is 123 Å². The minimum Gasteiger partial charge on any atom is -0.756 e. The van der Waals surface area contributed by atoms with Gasteiger partial charge in [0.05, 0.1) is 46.1 Å². The predicted octanol–water partition coefficient (Wildman–Crippen LogP) is 9.10. The average Bonchev–Trinajstić information content (AvgIpc) is 3.50. The number of likely N-dealkylation sites (N-methyl/N-ethyl adjacent to an activating group) is 1. The Morgan fingerprint density at radius 1 is 0.730 bits per heavy atom. The molecule has 0 radical (unpaired) electrons. The van der Waals surface area contributed by atoms with E-state index < -0.39 is 50.8 Å². The number of carbonyl (C=O) groups is 2. The number of carbonyl (C=O) groups excluding carboxylic acids is 2. The monoisotopic (exact) mass is 904 g/mol. The molecule has 1 unspecified atom stereocenters. The molecular formula is C50H82NO11P. The van der Waals surface area contributed by atoms with Crippen LogP contribution >= 0.6 is 7.82 Å². The van der Waals surface area contributed by atoms with Crippen LogP contribution in [-0.4, -0.2) is 104 Å². The summed E-state index contributed by atoms with van der Waals surface area (Å²) in [6, 6.07) is 0. The molecule has 1 aliphatic carbocycles. The minimum absolute atomic E-state index is 0.0263. The van der Waals surface area contributed by atoms with E-state index in [0.29, 0.717) is 43.1 Å². The van der Waals surface area contributed by atoms with Crippen molar-refractivity contribution in [3.8, 4) is 0 Å². The zero-order chi connectivity index (χ0) is 46.6. The molecule has 0 aromatic rings. The summed E-state index contributed by atoms with van der Waals surface area (Å²) in [6.45, 7) is 3.61. The van der Waals surface area contributed by atoms with Gasteiger partial charge in [0.25, 0.3) is 7.82 Å². The molecule has 0 bridgehead atoms. The van der Waals surface area contributed by atoms with Crippen molar-refractivity contribution < 1.29 is 57.4 Å². The van der Waals surface area contributed by atoms with Crippen LogP contribution in [0.15, 0.2) is 97.2 Å². The standard InChI is InChI=1S/C50H82NO11P/c1-6-8-10-11-12-13-14-15-16-17-18-19-20-21-22-23-24-25-30-34-49(55)59-41-44(42-61-63(57,58)60-39-38-51(3,4)5)62-50(56)35-31-27-26-29-33-45-46(48(54)40-47(45)53)37-36-43(52)32-28-9-7-2/h8,10,12-13,15-16,18-19,21-22,24-26,29,36-37,43-48,52-54H,6-7,9,11,14,17,20,23,27-28,30-35,38-42H2,1-5H3/b10-8-,13-12-,16-15-,19-18-,22-21-,25-24-,29-26+,37-36+/t43-,44+,45+,46+,47-,48+/m0/s1. The molecule has 3 N–H and O–H groups in total. The summed E-state index contributed by atoms with van der Waals surface area (Å²) < 4.78 is 33.8. The van der Waals surface area contributed by atoms with Gasteiger partial charge in [-0.15, -0.1) is 0 Å². The first-order valence-electron chi connectivity index (χ1n) is 23.2. The van der Waals surface area contributed by atoms with Gasteiger partial charge in [0.15, 0.2) is 6.10 Å². The van der Waals surface area contributed by atoms with E-state index in [1.165, 1.54) is 0 Å². The number of ether oxygens (including phenoxy) is 2. The van der Waals surface area contributed by atoms with Crippen LogP contribution in [0.5, 0.6) is 0 Å². The van der Waals surface area contributed by atoms with Crippen molar-refractivity contribution in [3.05, 3.63) is 97.2 Å². The number of allylic oxidation sites excluding steroid dienone is 14. The van der Waals surface area contributed by atoms with Crippen LogP contribution in [0.2, 0.25) is 0 Å². The van der Waals surface area contributed by atoms with Gasteiger partial charge < -0.3 is 43.2 Å². The van der Waals surface area contributed by atoms with Crippen molar-refractivity contribution in [2.24, 2.45) is 11.8 Å². The predicted molar refractivity (Wildman–Crippen MR) is 251 cm³/mol. The summed E-state index contributed by atoms with van der Waals surface area (Å²) in [5.74, 6) is -1.58. The second-order valence-corrected chi connectivity index (χ2v) is 18.4. The highest BCUT2D eigenvalue weighted by Crippen LogP contribution is 2.38. The molecule has 0 aliphatic heterocycles. The van der Waals surface area contributed by atoms with Gasteiger partial charge in [0, 0.05) is 25.2 Å². The van der Waals surface area contributed by atoms with Crippen molar-refractivity contribution in [1.82, 2.24) is 0 Å². The maximum absolute atomic E-state index is 12.8. The van der Waals surface area contributed by atoms with Gasteiger partial charge in [-0.3, -0.25) is 14.2 Å². The number of hydrogen-bond donors (Lipinski definition) is 3. The van der Waals surface area contributed by atoms with Crippen molar-refractivity contribution in [1.29, 1.82) is 0 Å². The molecular weight excluding hydrogens is 822 g/mol. The smallest absolute Gasteiger partial charge is 0.306 e. The maximum atomic E-state index is 12.8. The zero-order valence-corrected chi connectivity index (χ0v) is 39.9. The maximum Gasteiger partial charge on any atom is 0.306 e. The second kappa shape index (κ2) is 36.1. The van der Waals surface area contributed by atoms with E-state index in [4.69, 9.17) is 18.5 Å². The largest absolute Gasteiger partial charge is 0.756 e. The van der Waals surface area contributed by atoms with Crippen molar-refractivity contribution in [3.63, 3.8) is 0 Å². The van der Waals surface area contributed by atoms with Crippen LogP contribution in [0.25, 0.3) is 0 Å². The van der Waals surface area contributed by atoms with Crippen LogP contribution < -0.4 is 4.89 Å². The van der Waals surface area contributed by atoms with Gasteiger partial charge in [0.2, 0.25) is 0 Å². The molecule has 358 valence electrons. The van der Waals surface area contributed by atoms with E-state index in [1.54, 1.807) is 6.08 Å². The normalized spacial score (nSPS) is 20.8. The second-order valence-electron chi connectivity index (χ2n) is 17.0. The van der Waals surface area contributed by atoms with Gasteiger partial charge in [-0.1, -0.05) is 130 Å². The molecule has 7 atom stereocenters. The number of quaternary nitrogens is 1. The van der Waals surface area contributed by atoms with Gasteiger partial charge in [-0.05, 0) is 76.5 Å². The average molecular weight is 904 g/mol. The fourth-order valence-corrected chi connectivity index (χ4v) is 7.22. The third kappa shape index (κ3) is 33.0. The Balaban J connectivity index is 2.55. The number of aliphatic hydroxyl groups is 3. The molecule has 1 aliphatic rings. The Morgan fingerprint density at radius 2 is 1.32 bits per heavy atom.